The average Bonchev–Trinajstić information content (AvgIpc) is 3.69. The summed E-state index contributed by atoms with van der Waals surface area (Å²) in [5, 5.41) is 7.32. The third kappa shape index (κ3) is 5.75. The fourth-order valence-corrected chi connectivity index (χ4v) is 6.22. The molecular weight excluding hydrogens is 521 g/mol. The largest absolute Gasteiger partial charge is 0.496 e. The number of hydrogen-bond donors (Lipinski definition) is 1. The number of nitrogens with zero attached hydrogens (tertiary/aromatic N) is 2. The van der Waals surface area contributed by atoms with Gasteiger partial charge in [0.1, 0.15) is 5.75 Å². The Balaban J connectivity index is 1.19. The van der Waals surface area contributed by atoms with Crippen LogP contribution in [0.5, 0.6) is 11.6 Å². The molecule has 7 nitrogen and oxygen atoms in total. The summed E-state index contributed by atoms with van der Waals surface area (Å²) in [7, 11) is 1.69. The van der Waals surface area contributed by atoms with Gasteiger partial charge in [0.25, 0.3) is 11.8 Å². The molecule has 0 radical (unpaired) electrons. The lowest BCUT2D eigenvalue weighted by Gasteiger charge is -2.32. The highest BCUT2D eigenvalue weighted by molar-refractivity contribution is 6.03. The van der Waals surface area contributed by atoms with Crippen LogP contribution in [0.2, 0.25) is 0 Å². The fourth-order valence-electron chi connectivity index (χ4n) is 6.22. The molecule has 8 heteroatoms. The smallest absolute Gasteiger partial charge is 0.290 e. The molecule has 41 heavy (non-hydrogen) atoms. The maximum atomic E-state index is 14.3. The van der Waals surface area contributed by atoms with Crippen LogP contribution in [0.25, 0.3) is 5.57 Å². The summed E-state index contributed by atoms with van der Waals surface area (Å²) in [4.78, 5) is 16.5. The normalized spacial score (nSPS) is 19.9. The minimum Gasteiger partial charge on any atom is -0.496 e. The van der Waals surface area contributed by atoms with Crippen LogP contribution in [0.15, 0.2) is 52.6 Å². The van der Waals surface area contributed by atoms with Crippen molar-refractivity contribution >= 4 is 11.5 Å². The zero-order valence-electron chi connectivity index (χ0n) is 24.0. The standard InChI is InChI=1S/C33H38FN3O4/c1-20-24(7-4-8-29(20)39-3)19-37(26-14-15-26)33(38)30-27(18-25-13-16-28(30)35-25)23-11-9-22(10-12-23)6-5-17-40-32-31(34)21(2)41-36-32/h4,7-12,25-26,28,35H,5-6,13-19H2,1-3H3/t25-,28+/m0/s1. The topological polar surface area (TPSA) is 76.8 Å². The van der Waals surface area contributed by atoms with Gasteiger partial charge >= 0.3 is 0 Å². The fraction of sp³-hybridized carbons (Fsp3) is 0.455. The molecule has 3 aromatic rings. The van der Waals surface area contributed by atoms with Gasteiger partial charge in [-0.05, 0) is 97.8 Å². The molecule has 6 rings (SSSR count). The second-order valence-corrected chi connectivity index (χ2v) is 11.5. The van der Waals surface area contributed by atoms with E-state index in [1.807, 2.05) is 12.1 Å². The highest BCUT2D eigenvalue weighted by Crippen LogP contribution is 2.40. The van der Waals surface area contributed by atoms with Crippen molar-refractivity contribution in [3.63, 3.8) is 0 Å². The van der Waals surface area contributed by atoms with E-state index >= 15 is 0 Å². The summed E-state index contributed by atoms with van der Waals surface area (Å²) >= 11 is 0. The first-order chi connectivity index (χ1) is 19.9. The lowest BCUT2D eigenvalue weighted by Crippen LogP contribution is -2.44. The van der Waals surface area contributed by atoms with Crippen LogP contribution >= 0.6 is 0 Å². The van der Waals surface area contributed by atoms with Gasteiger partial charge in [0, 0.05) is 30.2 Å². The molecule has 3 heterocycles. The summed E-state index contributed by atoms with van der Waals surface area (Å²) in [5.41, 5.74) is 6.65. The number of rotatable bonds is 11. The van der Waals surface area contributed by atoms with Crippen molar-refractivity contribution in [1.82, 2.24) is 15.4 Å². The molecule has 2 bridgehead atoms. The van der Waals surface area contributed by atoms with Crippen LogP contribution in [0, 0.1) is 19.7 Å². The molecule has 1 amide bonds. The van der Waals surface area contributed by atoms with Gasteiger partial charge in [0.15, 0.2) is 5.76 Å². The molecule has 3 aliphatic rings. The second-order valence-electron chi connectivity index (χ2n) is 11.5. The molecule has 1 aliphatic carbocycles. The van der Waals surface area contributed by atoms with Crippen molar-refractivity contribution in [2.24, 2.45) is 0 Å². The van der Waals surface area contributed by atoms with Gasteiger partial charge in [-0.1, -0.05) is 36.4 Å². The predicted octanol–water partition coefficient (Wildman–Crippen LogP) is 5.92. The van der Waals surface area contributed by atoms with Crippen molar-refractivity contribution in [2.45, 2.75) is 83.5 Å². The number of amides is 1. The molecule has 2 aliphatic heterocycles. The Labute approximate surface area is 240 Å². The predicted molar refractivity (Wildman–Crippen MR) is 154 cm³/mol. The Hall–Kier alpha value is -3.65. The van der Waals surface area contributed by atoms with Gasteiger partial charge in [-0.25, -0.2) is 0 Å². The van der Waals surface area contributed by atoms with Crippen molar-refractivity contribution in [1.29, 1.82) is 0 Å². The van der Waals surface area contributed by atoms with Gasteiger partial charge < -0.3 is 24.2 Å². The SMILES string of the molecule is COc1cccc(CN(C(=O)C2=C(c3ccc(CCCOc4noc(C)c4F)cc3)C[C@@H]3CC[C@H]2N3)C2CC2)c1C. The lowest BCUT2D eigenvalue weighted by molar-refractivity contribution is -0.128. The highest BCUT2D eigenvalue weighted by Gasteiger charge is 2.42. The van der Waals surface area contributed by atoms with Crippen molar-refractivity contribution < 1.29 is 23.2 Å². The van der Waals surface area contributed by atoms with Gasteiger partial charge in [0.05, 0.1) is 13.7 Å². The van der Waals surface area contributed by atoms with Crippen LogP contribution in [0.4, 0.5) is 4.39 Å². The average molecular weight is 560 g/mol. The Morgan fingerprint density at radius 2 is 1.93 bits per heavy atom. The van der Waals surface area contributed by atoms with Crippen molar-refractivity contribution in [2.75, 3.05) is 13.7 Å². The van der Waals surface area contributed by atoms with Crippen molar-refractivity contribution in [3.8, 4) is 11.6 Å². The van der Waals surface area contributed by atoms with Gasteiger partial charge in [-0.3, -0.25) is 4.79 Å². The number of hydrogen-bond acceptors (Lipinski definition) is 6. The molecule has 1 saturated carbocycles. The molecule has 216 valence electrons. The zero-order chi connectivity index (χ0) is 28.5. The third-order valence-corrected chi connectivity index (χ3v) is 8.71. The summed E-state index contributed by atoms with van der Waals surface area (Å²) in [6, 6.07) is 15.5. The summed E-state index contributed by atoms with van der Waals surface area (Å²) in [6.45, 7) is 4.54. The number of benzene rings is 2. The van der Waals surface area contributed by atoms with E-state index < -0.39 is 5.82 Å². The minimum absolute atomic E-state index is 0.0793. The van der Waals surface area contributed by atoms with E-state index in [1.54, 1.807) is 7.11 Å². The maximum Gasteiger partial charge on any atom is 0.290 e. The number of carbonyl (C=O) groups excluding carboxylic acids is 1. The number of nitrogens with one attached hydrogen (secondary N) is 1. The summed E-state index contributed by atoms with van der Waals surface area (Å²) in [5.74, 6) is 0.534. The Morgan fingerprint density at radius 1 is 1.12 bits per heavy atom. The van der Waals surface area contributed by atoms with E-state index in [9.17, 15) is 9.18 Å². The monoisotopic (exact) mass is 559 g/mol. The van der Waals surface area contributed by atoms with Crippen LogP contribution < -0.4 is 14.8 Å². The number of fused-ring (bicyclic) bond motifs is 2. The molecule has 1 saturated heterocycles. The highest BCUT2D eigenvalue weighted by atomic mass is 19.1. The molecule has 1 aromatic heterocycles. The molecule has 2 fully saturated rings. The maximum absolute atomic E-state index is 14.3. The van der Waals surface area contributed by atoms with E-state index in [0.717, 1.165) is 73.0 Å². The summed E-state index contributed by atoms with van der Waals surface area (Å²) < 4.78 is 29.6. The van der Waals surface area contributed by atoms with Crippen LogP contribution in [-0.2, 0) is 17.8 Å². The van der Waals surface area contributed by atoms with Crippen LogP contribution in [0.3, 0.4) is 0 Å². The molecule has 0 spiro atoms. The van der Waals surface area contributed by atoms with Gasteiger partial charge in [-0.2, -0.15) is 4.39 Å². The first-order valence-electron chi connectivity index (χ1n) is 14.7. The second kappa shape index (κ2) is 11.7. The number of halogens is 1. The zero-order valence-corrected chi connectivity index (χ0v) is 24.0. The Morgan fingerprint density at radius 3 is 2.63 bits per heavy atom. The molecule has 1 N–H and O–H groups in total. The quantitative estimate of drug-likeness (QED) is 0.294. The molecular formula is C33H38FN3O4. The number of aryl methyl sites for hydroxylation is 2. The minimum atomic E-state index is -0.539. The van der Waals surface area contributed by atoms with Crippen molar-refractivity contribution in [3.05, 3.63) is 81.9 Å². The van der Waals surface area contributed by atoms with E-state index in [-0.39, 0.29) is 23.6 Å². The first-order valence-corrected chi connectivity index (χ1v) is 14.7. The van der Waals surface area contributed by atoms with Gasteiger partial charge in [0.2, 0.25) is 5.82 Å². The van der Waals surface area contributed by atoms with E-state index in [4.69, 9.17) is 14.0 Å². The molecule has 2 aromatic carbocycles. The molecule has 2 atom stereocenters. The van der Waals surface area contributed by atoms with E-state index in [2.05, 4.69) is 52.6 Å². The Bertz CT molecular complexity index is 1440. The van der Waals surface area contributed by atoms with E-state index in [0.29, 0.717) is 25.2 Å². The van der Waals surface area contributed by atoms with Crippen LogP contribution in [-0.4, -0.2) is 47.8 Å². The lowest BCUT2D eigenvalue weighted by atomic mass is 9.88. The summed E-state index contributed by atoms with van der Waals surface area (Å²) in [6.07, 6.45) is 6.59. The first kappa shape index (κ1) is 27.5. The number of ether oxygens (including phenoxy) is 2. The number of aromatic nitrogens is 1. The van der Waals surface area contributed by atoms with Crippen LogP contribution in [0.1, 0.15) is 66.5 Å². The number of carbonyl (C=O) groups is 1. The van der Waals surface area contributed by atoms with E-state index in [1.165, 1.54) is 18.1 Å². The molecule has 0 unspecified atom stereocenters. The number of methoxy groups -OCH3 is 1. The third-order valence-electron chi connectivity index (χ3n) is 8.71. The Kier molecular flexibility index (Phi) is 7.84. The van der Waals surface area contributed by atoms with Gasteiger partial charge in [-0.15, -0.1) is 0 Å².